The summed E-state index contributed by atoms with van der Waals surface area (Å²) in [4.78, 5) is 41.4. The molecular weight excluding hydrogens is 656 g/mol. The molecule has 14 unspecified atom stereocenters. The van der Waals surface area contributed by atoms with Crippen molar-refractivity contribution in [2.75, 3.05) is 13.2 Å². The van der Waals surface area contributed by atoms with Crippen LogP contribution in [-0.4, -0.2) is 63.1 Å². The van der Waals surface area contributed by atoms with E-state index in [9.17, 15) is 29.7 Å². The third-order valence-electron chi connectivity index (χ3n) is 14.0. The van der Waals surface area contributed by atoms with Crippen molar-refractivity contribution in [3.05, 3.63) is 96.7 Å². The van der Waals surface area contributed by atoms with Gasteiger partial charge in [-0.05, 0) is 66.4 Å². The van der Waals surface area contributed by atoms with Gasteiger partial charge in [-0.1, -0.05) is 113 Å². The Bertz CT molecular complexity index is 1730. The number of hydrogen-bond acceptors (Lipinski definition) is 8. The maximum absolute atomic E-state index is 14.4. The fraction of sp³-hybridized carbons (Fsp3) is 0.568. The van der Waals surface area contributed by atoms with Gasteiger partial charge in [-0.2, -0.15) is 0 Å². The molecule has 0 bridgehead atoms. The van der Waals surface area contributed by atoms with E-state index in [1.165, 1.54) is 0 Å². The standard InChI is InChI=1S/C44H54O8/c1-6-8-10-11-12-13-14-17-31-35-29(16-9-7-2)30-18-15-19-34(46)52-43-22-27(4)44(50)32(38(43)41(43,5)25-51-40(48)37(30)36(31)35)21-28(24-45)23-42(49)33(44)20-26(3)39(42)47/h7,9-18,20-21,27,29-33,35-38,45,49-50H,2,6,8,19,22-25H2,1,3-5H3. The Balaban J connectivity index is 1.21. The maximum Gasteiger partial charge on any atom is 0.310 e. The topological polar surface area (TPSA) is 130 Å². The number of ketones is 1. The van der Waals surface area contributed by atoms with E-state index in [-0.39, 0.29) is 61.4 Å². The predicted molar refractivity (Wildman–Crippen MR) is 197 cm³/mol. The molecule has 0 amide bonds. The number of carbonyl (C=O) groups excluding carboxylic acids is 3. The summed E-state index contributed by atoms with van der Waals surface area (Å²) in [5.41, 5.74) is -4.56. The second kappa shape index (κ2) is 13.4. The summed E-state index contributed by atoms with van der Waals surface area (Å²) in [6.07, 6.45) is 28.0. The van der Waals surface area contributed by atoms with E-state index in [4.69, 9.17) is 9.47 Å². The highest BCUT2D eigenvalue weighted by Crippen LogP contribution is 2.77. The number of unbranched alkanes of at least 4 members (excludes halogenated alkanes) is 1. The van der Waals surface area contributed by atoms with Gasteiger partial charge in [-0.3, -0.25) is 14.4 Å². The van der Waals surface area contributed by atoms with Crippen molar-refractivity contribution in [3.8, 4) is 0 Å². The molecule has 7 rings (SSSR count). The number of cyclic esters (lactones) is 1. The fourth-order valence-electron chi connectivity index (χ4n) is 11.6. The van der Waals surface area contributed by atoms with Crippen molar-refractivity contribution in [1.82, 2.24) is 0 Å². The van der Waals surface area contributed by atoms with Crippen molar-refractivity contribution in [3.63, 3.8) is 0 Å². The molecule has 1 heterocycles. The van der Waals surface area contributed by atoms with Crippen LogP contribution in [0.4, 0.5) is 0 Å². The number of allylic oxidation sites excluding steroid dienone is 10. The summed E-state index contributed by atoms with van der Waals surface area (Å²) in [5, 5.41) is 35.1. The van der Waals surface area contributed by atoms with E-state index in [0.717, 1.165) is 12.8 Å². The van der Waals surface area contributed by atoms with Crippen LogP contribution >= 0.6 is 0 Å². The normalized spacial score (nSPS) is 46.6. The zero-order chi connectivity index (χ0) is 37.2. The van der Waals surface area contributed by atoms with Crippen LogP contribution in [0.3, 0.4) is 0 Å². The number of carbonyl (C=O) groups is 3. The molecule has 1 aliphatic heterocycles. The minimum Gasteiger partial charge on any atom is -0.465 e. The number of rotatable bonds is 8. The van der Waals surface area contributed by atoms with Gasteiger partial charge < -0.3 is 24.8 Å². The molecule has 14 atom stereocenters. The molecule has 52 heavy (non-hydrogen) atoms. The quantitative estimate of drug-likeness (QED) is 0.161. The first kappa shape index (κ1) is 36.8. The molecule has 4 saturated carbocycles. The van der Waals surface area contributed by atoms with Gasteiger partial charge in [0.15, 0.2) is 5.78 Å². The van der Waals surface area contributed by atoms with Crippen LogP contribution in [-0.2, 0) is 23.9 Å². The first-order valence-electron chi connectivity index (χ1n) is 19.2. The summed E-state index contributed by atoms with van der Waals surface area (Å²) in [6, 6.07) is 0. The van der Waals surface area contributed by atoms with Gasteiger partial charge in [0, 0.05) is 29.6 Å². The minimum absolute atomic E-state index is 0.0149. The summed E-state index contributed by atoms with van der Waals surface area (Å²) in [6.45, 7) is 11.1. The number of hydrogen-bond donors (Lipinski definition) is 3. The van der Waals surface area contributed by atoms with Crippen LogP contribution in [0.15, 0.2) is 96.7 Å². The molecule has 8 heteroatoms. The Morgan fingerprint density at radius 1 is 1.02 bits per heavy atom. The Labute approximate surface area is 307 Å². The molecule has 7 aliphatic rings. The molecule has 278 valence electrons. The lowest BCUT2D eigenvalue weighted by Crippen LogP contribution is -2.61. The molecular formula is C44H54O8. The zero-order valence-corrected chi connectivity index (χ0v) is 30.8. The van der Waals surface area contributed by atoms with Crippen molar-refractivity contribution >= 4 is 17.7 Å². The van der Waals surface area contributed by atoms with E-state index in [0.29, 0.717) is 11.1 Å². The zero-order valence-electron chi connectivity index (χ0n) is 30.8. The van der Waals surface area contributed by atoms with Gasteiger partial charge >= 0.3 is 11.9 Å². The van der Waals surface area contributed by atoms with Gasteiger partial charge in [0.1, 0.15) is 17.8 Å². The van der Waals surface area contributed by atoms with Gasteiger partial charge in [-0.25, -0.2) is 0 Å². The highest BCUT2D eigenvalue weighted by atomic mass is 16.6. The molecule has 1 spiro atoms. The largest absolute Gasteiger partial charge is 0.465 e. The first-order valence-corrected chi connectivity index (χ1v) is 19.2. The number of ether oxygens (including phenoxy) is 2. The van der Waals surface area contributed by atoms with Gasteiger partial charge in [0.2, 0.25) is 0 Å². The Morgan fingerprint density at radius 3 is 2.50 bits per heavy atom. The summed E-state index contributed by atoms with van der Waals surface area (Å²) in [5.74, 6) is -3.66. The third kappa shape index (κ3) is 5.38. The molecule has 0 saturated heterocycles. The van der Waals surface area contributed by atoms with Gasteiger partial charge in [0.05, 0.1) is 24.5 Å². The molecule has 0 aromatic carbocycles. The summed E-state index contributed by atoms with van der Waals surface area (Å²) < 4.78 is 12.8. The molecule has 4 fully saturated rings. The van der Waals surface area contributed by atoms with Crippen molar-refractivity contribution in [1.29, 1.82) is 0 Å². The van der Waals surface area contributed by atoms with Crippen molar-refractivity contribution in [2.24, 2.45) is 64.6 Å². The second-order valence-corrected chi connectivity index (χ2v) is 16.8. The number of aliphatic hydroxyl groups excluding tert-OH is 1. The van der Waals surface area contributed by atoms with Crippen LogP contribution in [0.2, 0.25) is 0 Å². The number of fused-ring (bicyclic) bond motifs is 8. The second-order valence-electron chi connectivity index (χ2n) is 16.8. The van der Waals surface area contributed by atoms with E-state index in [2.05, 4.69) is 43.9 Å². The number of esters is 2. The molecule has 3 N–H and O–H groups in total. The number of aliphatic hydroxyl groups is 3. The Hall–Kier alpha value is -3.59. The molecule has 0 aromatic rings. The molecule has 6 aliphatic carbocycles. The van der Waals surface area contributed by atoms with E-state index < -0.39 is 70.2 Å². The monoisotopic (exact) mass is 710 g/mol. The lowest BCUT2D eigenvalue weighted by molar-refractivity contribution is -0.187. The highest BCUT2D eigenvalue weighted by molar-refractivity contribution is 6.04. The van der Waals surface area contributed by atoms with Gasteiger partial charge in [0.25, 0.3) is 0 Å². The van der Waals surface area contributed by atoms with E-state index >= 15 is 0 Å². The minimum atomic E-state index is -1.89. The smallest absolute Gasteiger partial charge is 0.310 e. The Kier molecular flexibility index (Phi) is 9.45. The maximum atomic E-state index is 14.4. The van der Waals surface area contributed by atoms with E-state index in [1.54, 1.807) is 25.2 Å². The highest BCUT2D eigenvalue weighted by Gasteiger charge is 2.85. The lowest BCUT2D eigenvalue weighted by Gasteiger charge is -2.50. The Morgan fingerprint density at radius 2 is 1.77 bits per heavy atom. The lowest BCUT2D eigenvalue weighted by atomic mass is 9.60. The fourth-order valence-corrected chi connectivity index (χ4v) is 11.6. The average molecular weight is 711 g/mol. The van der Waals surface area contributed by atoms with Crippen LogP contribution in [0.1, 0.15) is 59.8 Å². The third-order valence-corrected chi connectivity index (χ3v) is 14.0. The van der Waals surface area contributed by atoms with Crippen molar-refractivity contribution < 1.29 is 39.2 Å². The van der Waals surface area contributed by atoms with Crippen LogP contribution in [0, 0.1) is 64.6 Å². The summed E-state index contributed by atoms with van der Waals surface area (Å²) in [7, 11) is 0. The van der Waals surface area contributed by atoms with Crippen LogP contribution in [0.5, 0.6) is 0 Å². The SMILES string of the molecule is C=CC=CC1C2C=CCC(=O)OC34CC(C)C5(O)C(C=C(CO)CC6(O)C(=O)C(C)=CC65)C3C4(C)COC(=O)C2C2C(C=CC=CC=CCCC)C12. The molecule has 0 radical (unpaired) electrons. The van der Waals surface area contributed by atoms with Crippen LogP contribution in [0.25, 0.3) is 0 Å². The van der Waals surface area contributed by atoms with Crippen LogP contribution < -0.4 is 0 Å². The van der Waals surface area contributed by atoms with E-state index in [1.807, 2.05) is 44.2 Å². The number of Topliss-reactive ketones (excluding diaryl/α,β-unsaturated/α-hetero) is 1. The predicted octanol–water partition coefficient (Wildman–Crippen LogP) is 5.93. The van der Waals surface area contributed by atoms with Gasteiger partial charge in [-0.15, -0.1) is 0 Å². The molecule has 8 nitrogen and oxygen atoms in total. The summed E-state index contributed by atoms with van der Waals surface area (Å²) >= 11 is 0. The average Bonchev–Trinajstić information content (AvgIpc) is 3.86. The first-order chi connectivity index (χ1) is 24.8. The molecule has 0 aromatic heterocycles. The van der Waals surface area contributed by atoms with Crippen molar-refractivity contribution in [2.45, 2.75) is 76.6 Å².